The van der Waals surface area contributed by atoms with Gasteiger partial charge in [-0.3, -0.25) is 0 Å². The molecule has 16 heavy (non-hydrogen) atoms. The van der Waals surface area contributed by atoms with Crippen molar-refractivity contribution in [2.24, 2.45) is 0 Å². The van der Waals surface area contributed by atoms with Crippen LogP contribution in [0, 0.1) is 6.92 Å². The molecular formula is C13H12O3. The molecular weight excluding hydrogens is 204 g/mol. The van der Waals surface area contributed by atoms with E-state index in [1.807, 2.05) is 13.0 Å². The van der Waals surface area contributed by atoms with Crippen LogP contribution in [0.15, 0.2) is 36.4 Å². The standard InChI is InChI=1S/C13H12O3/c1-8-2-3-12(13(16)4-8)9-5-10(14)7-11(15)6-9/h2-7,14-16H,1H3. The number of phenolic OH excluding ortho intramolecular Hbond substituents is 3. The predicted octanol–water partition coefficient (Wildman–Crippen LogP) is 2.78. The summed E-state index contributed by atoms with van der Waals surface area (Å²) in [6.45, 7) is 1.88. The lowest BCUT2D eigenvalue weighted by Gasteiger charge is -2.07. The van der Waals surface area contributed by atoms with E-state index in [-0.39, 0.29) is 17.2 Å². The van der Waals surface area contributed by atoms with Gasteiger partial charge in [-0.1, -0.05) is 12.1 Å². The van der Waals surface area contributed by atoms with Gasteiger partial charge < -0.3 is 15.3 Å². The number of phenols is 3. The average Bonchev–Trinajstić information content (AvgIpc) is 2.15. The van der Waals surface area contributed by atoms with Crippen molar-refractivity contribution in [1.29, 1.82) is 0 Å². The summed E-state index contributed by atoms with van der Waals surface area (Å²) in [5, 5.41) is 28.5. The van der Waals surface area contributed by atoms with Crippen molar-refractivity contribution in [1.82, 2.24) is 0 Å². The number of hydrogen-bond donors (Lipinski definition) is 3. The number of aryl methyl sites for hydroxylation is 1. The number of benzene rings is 2. The molecule has 0 unspecified atom stereocenters. The lowest BCUT2D eigenvalue weighted by molar-refractivity contribution is 0.451. The largest absolute Gasteiger partial charge is 0.508 e. The maximum atomic E-state index is 9.76. The van der Waals surface area contributed by atoms with Crippen LogP contribution in [0.2, 0.25) is 0 Å². The normalized spacial score (nSPS) is 10.3. The Morgan fingerprint density at radius 2 is 1.44 bits per heavy atom. The van der Waals surface area contributed by atoms with Gasteiger partial charge in [0.25, 0.3) is 0 Å². The van der Waals surface area contributed by atoms with Crippen LogP contribution in [0.5, 0.6) is 17.2 Å². The molecule has 0 spiro atoms. The van der Waals surface area contributed by atoms with Gasteiger partial charge in [-0.2, -0.15) is 0 Å². The first-order valence-corrected chi connectivity index (χ1v) is 4.89. The molecule has 0 saturated carbocycles. The third-order valence-electron chi connectivity index (χ3n) is 2.37. The minimum absolute atomic E-state index is 0.0324. The second-order valence-electron chi connectivity index (χ2n) is 3.76. The predicted molar refractivity (Wildman–Crippen MR) is 61.6 cm³/mol. The Morgan fingerprint density at radius 3 is 2.00 bits per heavy atom. The molecule has 0 fully saturated rings. The van der Waals surface area contributed by atoms with E-state index in [2.05, 4.69) is 0 Å². The van der Waals surface area contributed by atoms with Crippen molar-refractivity contribution in [3.63, 3.8) is 0 Å². The van der Waals surface area contributed by atoms with Gasteiger partial charge in [-0.25, -0.2) is 0 Å². The highest BCUT2D eigenvalue weighted by molar-refractivity contribution is 5.72. The molecule has 3 heteroatoms. The van der Waals surface area contributed by atoms with E-state index in [0.29, 0.717) is 11.1 Å². The Morgan fingerprint density at radius 1 is 0.812 bits per heavy atom. The maximum Gasteiger partial charge on any atom is 0.123 e. The molecule has 3 N–H and O–H groups in total. The van der Waals surface area contributed by atoms with Crippen LogP contribution in [0.4, 0.5) is 0 Å². The first-order chi connectivity index (χ1) is 7.56. The summed E-state index contributed by atoms with van der Waals surface area (Å²) in [6, 6.07) is 9.47. The maximum absolute atomic E-state index is 9.76. The highest BCUT2D eigenvalue weighted by Crippen LogP contribution is 2.34. The molecule has 0 radical (unpaired) electrons. The molecule has 0 bridgehead atoms. The molecule has 0 atom stereocenters. The van der Waals surface area contributed by atoms with E-state index < -0.39 is 0 Å². The van der Waals surface area contributed by atoms with Crippen molar-refractivity contribution >= 4 is 0 Å². The smallest absolute Gasteiger partial charge is 0.123 e. The summed E-state index contributed by atoms with van der Waals surface area (Å²) >= 11 is 0. The summed E-state index contributed by atoms with van der Waals surface area (Å²) < 4.78 is 0. The summed E-state index contributed by atoms with van der Waals surface area (Å²) in [5.41, 5.74) is 2.11. The topological polar surface area (TPSA) is 60.7 Å². The molecule has 2 aromatic rings. The summed E-state index contributed by atoms with van der Waals surface area (Å²) in [7, 11) is 0. The van der Waals surface area contributed by atoms with Gasteiger partial charge in [0.15, 0.2) is 0 Å². The Labute approximate surface area is 93.2 Å². The highest BCUT2D eigenvalue weighted by Gasteiger charge is 2.06. The van der Waals surface area contributed by atoms with Crippen molar-refractivity contribution < 1.29 is 15.3 Å². The number of rotatable bonds is 1. The second kappa shape index (κ2) is 3.77. The quantitative estimate of drug-likeness (QED) is 0.686. The van der Waals surface area contributed by atoms with Gasteiger partial charge >= 0.3 is 0 Å². The SMILES string of the molecule is Cc1ccc(-c2cc(O)cc(O)c2)c(O)c1. The third-order valence-corrected chi connectivity index (χ3v) is 2.37. The van der Waals surface area contributed by atoms with Crippen LogP contribution in [0.25, 0.3) is 11.1 Å². The van der Waals surface area contributed by atoms with Gasteiger partial charge in [0.2, 0.25) is 0 Å². The zero-order valence-electron chi connectivity index (χ0n) is 8.81. The third kappa shape index (κ3) is 1.93. The first-order valence-electron chi connectivity index (χ1n) is 4.89. The van der Waals surface area contributed by atoms with Gasteiger partial charge in [-0.15, -0.1) is 0 Å². The van der Waals surface area contributed by atoms with E-state index in [1.165, 1.54) is 18.2 Å². The molecule has 2 aromatic carbocycles. The molecule has 0 heterocycles. The molecule has 0 aliphatic rings. The van der Waals surface area contributed by atoms with Crippen molar-refractivity contribution in [3.05, 3.63) is 42.0 Å². The molecule has 0 saturated heterocycles. The van der Waals surface area contributed by atoms with Crippen molar-refractivity contribution in [3.8, 4) is 28.4 Å². The molecule has 0 amide bonds. The van der Waals surface area contributed by atoms with Crippen molar-refractivity contribution in [2.45, 2.75) is 6.92 Å². The van der Waals surface area contributed by atoms with Crippen LogP contribution < -0.4 is 0 Å². The van der Waals surface area contributed by atoms with Gasteiger partial charge in [0.05, 0.1) is 0 Å². The minimum Gasteiger partial charge on any atom is -0.508 e. The molecule has 2 rings (SSSR count). The van der Waals surface area contributed by atoms with Gasteiger partial charge in [0, 0.05) is 11.6 Å². The number of hydrogen-bond acceptors (Lipinski definition) is 3. The van der Waals surface area contributed by atoms with Crippen LogP contribution in [0.3, 0.4) is 0 Å². The second-order valence-corrected chi connectivity index (χ2v) is 3.76. The van der Waals surface area contributed by atoms with Crippen LogP contribution >= 0.6 is 0 Å². The van der Waals surface area contributed by atoms with E-state index in [9.17, 15) is 15.3 Å². The van der Waals surface area contributed by atoms with E-state index >= 15 is 0 Å². The van der Waals surface area contributed by atoms with Crippen LogP contribution in [-0.4, -0.2) is 15.3 Å². The molecule has 0 aliphatic carbocycles. The summed E-state index contributed by atoms with van der Waals surface area (Å²) in [4.78, 5) is 0. The lowest BCUT2D eigenvalue weighted by Crippen LogP contribution is -1.81. The van der Waals surface area contributed by atoms with Crippen molar-refractivity contribution in [2.75, 3.05) is 0 Å². The Kier molecular flexibility index (Phi) is 2.44. The Bertz CT molecular complexity index is 512. The molecule has 0 aromatic heterocycles. The zero-order valence-corrected chi connectivity index (χ0v) is 8.81. The average molecular weight is 216 g/mol. The van der Waals surface area contributed by atoms with E-state index in [4.69, 9.17) is 0 Å². The first kappa shape index (κ1) is 10.4. The van der Waals surface area contributed by atoms with E-state index in [0.717, 1.165) is 5.56 Å². The highest BCUT2D eigenvalue weighted by atomic mass is 16.3. The monoisotopic (exact) mass is 216 g/mol. The van der Waals surface area contributed by atoms with Crippen LogP contribution in [-0.2, 0) is 0 Å². The molecule has 0 aliphatic heterocycles. The Hall–Kier alpha value is -2.16. The van der Waals surface area contributed by atoms with E-state index in [1.54, 1.807) is 12.1 Å². The number of aromatic hydroxyl groups is 3. The zero-order chi connectivity index (χ0) is 11.7. The Balaban J connectivity index is 2.58. The fraction of sp³-hybridized carbons (Fsp3) is 0.0769. The summed E-state index contributed by atoms with van der Waals surface area (Å²) in [6.07, 6.45) is 0. The fourth-order valence-corrected chi connectivity index (χ4v) is 1.64. The lowest BCUT2D eigenvalue weighted by atomic mass is 10.0. The minimum atomic E-state index is -0.0324. The summed E-state index contributed by atoms with van der Waals surface area (Å²) in [5.74, 6) is 0.0648. The van der Waals surface area contributed by atoms with Crippen LogP contribution in [0.1, 0.15) is 5.56 Å². The molecule has 3 nitrogen and oxygen atoms in total. The fourth-order valence-electron chi connectivity index (χ4n) is 1.64. The molecule has 82 valence electrons. The van der Waals surface area contributed by atoms with Gasteiger partial charge in [-0.05, 0) is 36.2 Å². The van der Waals surface area contributed by atoms with Gasteiger partial charge in [0.1, 0.15) is 17.2 Å².